The molecule has 0 saturated heterocycles. The minimum absolute atomic E-state index is 0.858. The summed E-state index contributed by atoms with van der Waals surface area (Å²) in [4.78, 5) is 4.27. The van der Waals surface area contributed by atoms with Crippen LogP contribution in [-0.4, -0.2) is 37.5 Å². The van der Waals surface area contributed by atoms with Gasteiger partial charge in [0.05, 0.1) is 18.0 Å². The van der Waals surface area contributed by atoms with E-state index >= 15 is 0 Å². The molecular weight excluding hydrogens is 236 g/mol. The van der Waals surface area contributed by atoms with Gasteiger partial charge < -0.3 is 5.32 Å². The molecule has 0 bridgehead atoms. The van der Waals surface area contributed by atoms with Gasteiger partial charge in [0, 0.05) is 13.2 Å². The summed E-state index contributed by atoms with van der Waals surface area (Å²) in [5, 5.41) is 14.4. The van der Waals surface area contributed by atoms with Crippen LogP contribution in [-0.2, 0) is 13.6 Å². The number of hydrogen-bond donors (Lipinski definition) is 1. The fraction of sp³-hybridized carbons (Fsp3) is 0.400. The van der Waals surface area contributed by atoms with Crippen LogP contribution in [0.3, 0.4) is 0 Å². The normalized spacial score (nSPS) is 10.6. The van der Waals surface area contributed by atoms with Crippen molar-refractivity contribution in [2.75, 3.05) is 12.3 Å². The summed E-state index contributed by atoms with van der Waals surface area (Å²) in [5.74, 6) is 0.987. The smallest absolute Gasteiger partial charge is 0.209 e. The number of rotatable bonds is 6. The van der Waals surface area contributed by atoms with E-state index < -0.39 is 0 Å². The fourth-order valence-corrected chi connectivity index (χ4v) is 2.13. The minimum Gasteiger partial charge on any atom is -0.341 e. The SMILES string of the molecule is Cn1nnnc1SCC[NH2+]Cc1ccccn1. The molecule has 2 N–H and O–H groups in total. The second-order valence-electron chi connectivity index (χ2n) is 3.54. The van der Waals surface area contributed by atoms with Gasteiger partial charge in [-0.2, -0.15) is 0 Å². The lowest BCUT2D eigenvalue weighted by Crippen LogP contribution is -2.83. The van der Waals surface area contributed by atoms with Crippen molar-refractivity contribution in [2.45, 2.75) is 11.7 Å². The minimum atomic E-state index is 0.858. The molecule has 2 aromatic rings. The molecule has 0 fully saturated rings. The largest absolute Gasteiger partial charge is 0.341 e. The van der Waals surface area contributed by atoms with Gasteiger partial charge in [0.2, 0.25) is 5.16 Å². The van der Waals surface area contributed by atoms with Crippen LogP contribution in [0.2, 0.25) is 0 Å². The van der Waals surface area contributed by atoms with Crippen molar-refractivity contribution >= 4 is 11.8 Å². The number of thioether (sulfide) groups is 1. The molecule has 2 heterocycles. The summed E-state index contributed by atoms with van der Waals surface area (Å²) in [6, 6.07) is 5.98. The zero-order chi connectivity index (χ0) is 11.9. The average molecular weight is 251 g/mol. The maximum Gasteiger partial charge on any atom is 0.209 e. The first-order valence-electron chi connectivity index (χ1n) is 5.43. The third-order valence-corrected chi connectivity index (χ3v) is 3.26. The molecule has 6 nitrogen and oxygen atoms in total. The highest BCUT2D eigenvalue weighted by Gasteiger charge is 2.02. The summed E-state index contributed by atoms with van der Waals surface area (Å²) in [5.41, 5.74) is 1.11. The van der Waals surface area contributed by atoms with E-state index in [4.69, 9.17) is 0 Å². The molecule has 0 spiro atoms. The topological polar surface area (TPSA) is 73.1 Å². The molecule has 90 valence electrons. The predicted molar refractivity (Wildman–Crippen MR) is 64.3 cm³/mol. The Labute approximate surface area is 104 Å². The zero-order valence-electron chi connectivity index (χ0n) is 9.65. The van der Waals surface area contributed by atoms with Crippen molar-refractivity contribution in [3.63, 3.8) is 0 Å². The molecule has 7 heteroatoms. The Morgan fingerprint density at radius 3 is 3.06 bits per heavy atom. The molecule has 0 saturated carbocycles. The summed E-state index contributed by atoms with van der Waals surface area (Å²) in [6.45, 7) is 1.94. The Balaban J connectivity index is 1.63. The molecule has 2 rings (SSSR count). The van der Waals surface area contributed by atoms with Gasteiger partial charge in [0.1, 0.15) is 6.54 Å². The first-order chi connectivity index (χ1) is 8.36. The third kappa shape index (κ3) is 3.79. The first-order valence-corrected chi connectivity index (χ1v) is 6.41. The highest BCUT2D eigenvalue weighted by Crippen LogP contribution is 2.09. The van der Waals surface area contributed by atoms with E-state index in [1.54, 1.807) is 16.4 Å². The van der Waals surface area contributed by atoms with Gasteiger partial charge in [0.25, 0.3) is 0 Å². The molecule has 0 radical (unpaired) electrons. The van der Waals surface area contributed by atoms with Gasteiger partial charge in [-0.25, -0.2) is 4.68 Å². The van der Waals surface area contributed by atoms with Crippen molar-refractivity contribution in [2.24, 2.45) is 7.05 Å². The number of nitrogens with two attached hydrogens (primary N) is 1. The zero-order valence-corrected chi connectivity index (χ0v) is 10.5. The number of quaternary nitrogens is 1. The van der Waals surface area contributed by atoms with E-state index in [-0.39, 0.29) is 0 Å². The number of pyridine rings is 1. The first kappa shape index (κ1) is 12.0. The lowest BCUT2D eigenvalue weighted by molar-refractivity contribution is -0.667. The molecule has 0 amide bonds. The third-order valence-electron chi connectivity index (χ3n) is 2.21. The molecule has 2 aromatic heterocycles. The van der Waals surface area contributed by atoms with Crippen LogP contribution >= 0.6 is 11.8 Å². The fourth-order valence-electron chi connectivity index (χ4n) is 1.35. The number of hydrogen-bond acceptors (Lipinski definition) is 5. The van der Waals surface area contributed by atoms with Crippen LogP contribution in [0.25, 0.3) is 0 Å². The Kier molecular flexibility index (Phi) is 4.45. The van der Waals surface area contributed by atoms with E-state index in [0.29, 0.717) is 0 Å². The van der Waals surface area contributed by atoms with Crippen LogP contribution in [0, 0.1) is 0 Å². The molecule has 0 aromatic carbocycles. The average Bonchev–Trinajstić information content (AvgIpc) is 2.76. The van der Waals surface area contributed by atoms with Crippen molar-refractivity contribution in [3.05, 3.63) is 30.1 Å². The van der Waals surface area contributed by atoms with Gasteiger partial charge in [0.15, 0.2) is 0 Å². The van der Waals surface area contributed by atoms with Gasteiger partial charge in [-0.1, -0.05) is 17.8 Å². The quantitative estimate of drug-likeness (QED) is 0.551. The van der Waals surface area contributed by atoms with E-state index in [1.807, 2.05) is 31.4 Å². The van der Waals surface area contributed by atoms with Crippen molar-refractivity contribution in [1.82, 2.24) is 25.2 Å². The Hall–Kier alpha value is -1.47. The van der Waals surface area contributed by atoms with Crippen LogP contribution in [0.4, 0.5) is 0 Å². The number of aromatic nitrogens is 5. The van der Waals surface area contributed by atoms with Crippen molar-refractivity contribution < 1.29 is 5.32 Å². The van der Waals surface area contributed by atoms with E-state index in [9.17, 15) is 0 Å². The Bertz CT molecular complexity index is 443. The summed E-state index contributed by atoms with van der Waals surface area (Å²) in [6.07, 6.45) is 1.82. The second kappa shape index (κ2) is 6.31. The Morgan fingerprint density at radius 2 is 2.35 bits per heavy atom. The van der Waals surface area contributed by atoms with Gasteiger partial charge >= 0.3 is 0 Å². The molecule has 0 aliphatic heterocycles. The molecule has 17 heavy (non-hydrogen) atoms. The number of nitrogens with zero attached hydrogens (tertiary/aromatic N) is 5. The van der Waals surface area contributed by atoms with E-state index in [2.05, 4.69) is 25.8 Å². The molecule has 0 aliphatic carbocycles. The van der Waals surface area contributed by atoms with Crippen LogP contribution in [0.1, 0.15) is 5.69 Å². The second-order valence-corrected chi connectivity index (χ2v) is 4.60. The number of tetrazole rings is 1. The number of aryl methyl sites for hydroxylation is 1. The van der Waals surface area contributed by atoms with Gasteiger partial charge in [-0.3, -0.25) is 4.98 Å². The van der Waals surface area contributed by atoms with Crippen LogP contribution in [0.5, 0.6) is 0 Å². The predicted octanol–water partition coefficient (Wildman–Crippen LogP) is -0.539. The lowest BCUT2D eigenvalue weighted by Gasteiger charge is -2.00. The summed E-state index contributed by atoms with van der Waals surface area (Å²) >= 11 is 1.66. The maximum atomic E-state index is 4.27. The summed E-state index contributed by atoms with van der Waals surface area (Å²) < 4.78 is 1.68. The van der Waals surface area contributed by atoms with Crippen LogP contribution < -0.4 is 5.32 Å². The van der Waals surface area contributed by atoms with E-state index in [1.165, 1.54) is 0 Å². The maximum absolute atomic E-state index is 4.27. The molecule has 0 unspecified atom stereocenters. The van der Waals surface area contributed by atoms with Gasteiger partial charge in [-0.15, -0.1) is 5.10 Å². The lowest BCUT2D eigenvalue weighted by atomic mass is 10.3. The monoisotopic (exact) mass is 251 g/mol. The molecule has 0 atom stereocenters. The Morgan fingerprint density at radius 1 is 1.41 bits per heavy atom. The van der Waals surface area contributed by atoms with Gasteiger partial charge in [-0.05, 0) is 22.6 Å². The van der Waals surface area contributed by atoms with Crippen LogP contribution in [0.15, 0.2) is 29.6 Å². The standard InChI is InChI=1S/C10H14N6S/c1-16-10(13-14-15-16)17-7-6-11-8-9-4-2-3-5-12-9/h2-5,11H,6-8H2,1H3/p+1. The summed E-state index contributed by atoms with van der Waals surface area (Å²) in [7, 11) is 1.85. The van der Waals surface area contributed by atoms with Crippen molar-refractivity contribution in [3.8, 4) is 0 Å². The van der Waals surface area contributed by atoms with Crippen molar-refractivity contribution in [1.29, 1.82) is 0 Å². The highest BCUT2D eigenvalue weighted by atomic mass is 32.2. The highest BCUT2D eigenvalue weighted by molar-refractivity contribution is 7.99. The molecular formula is C10H15N6S+. The van der Waals surface area contributed by atoms with E-state index in [0.717, 1.165) is 29.7 Å². The molecule has 0 aliphatic rings.